The van der Waals surface area contributed by atoms with Gasteiger partial charge in [-0.2, -0.15) is 20.2 Å². The number of ether oxygens (including phenoxy) is 1. The molecule has 1 aromatic carbocycles. The lowest BCUT2D eigenvalue weighted by atomic mass is 10.3. The summed E-state index contributed by atoms with van der Waals surface area (Å²) in [6.45, 7) is 0. The first kappa shape index (κ1) is 13.3. The zero-order chi connectivity index (χ0) is 14.8. The van der Waals surface area contributed by atoms with E-state index in [1.54, 1.807) is 4.57 Å². The SMILES string of the molecule is COc1nc(Cl)nc(-n2c(CC#N)nc3ccccc32)n1. The Balaban J connectivity index is 2.30. The molecule has 21 heavy (non-hydrogen) atoms. The molecule has 7 nitrogen and oxygen atoms in total. The Morgan fingerprint density at radius 1 is 1.24 bits per heavy atom. The Kier molecular flexibility index (Phi) is 3.38. The van der Waals surface area contributed by atoms with Gasteiger partial charge in [0.2, 0.25) is 11.2 Å². The third kappa shape index (κ3) is 2.37. The standard InChI is InChI=1S/C13H9ClN6O/c1-21-13-18-11(14)17-12(19-13)20-9-5-3-2-4-8(9)16-10(20)6-7-15/h2-5H,6H2,1H3. The molecule has 0 N–H and O–H groups in total. The fraction of sp³-hybridized carbons (Fsp3) is 0.154. The van der Waals surface area contributed by atoms with Gasteiger partial charge < -0.3 is 4.74 Å². The molecule has 3 aromatic rings. The molecule has 8 heteroatoms. The van der Waals surface area contributed by atoms with Crippen LogP contribution in [0.5, 0.6) is 6.01 Å². The lowest BCUT2D eigenvalue weighted by Gasteiger charge is -2.06. The molecule has 2 heterocycles. The van der Waals surface area contributed by atoms with Gasteiger partial charge in [-0.1, -0.05) is 12.1 Å². The van der Waals surface area contributed by atoms with Crippen molar-refractivity contribution in [2.45, 2.75) is 6.42 Å². The summed E-state index contributed by atoms with van der Waals surface area (Å²) in [4.78, 5) is 16.5. The van der Waals surface area contributed by atoms with Crippen molar-refractivity contribution in [2.24, 2.45) is 0 Å². The summed E-state index contributed by atoms with van der Waals surface area (Å²) in [6, 6.07) is 9.65. The fourth-order valence-corrected chi connectivity index (χ4v) is 2.15. The van der Waals surface area contributed by atoms with Crippen LogP contribution in [0, 0.1) is 11.3 Å². The van der Waals surface area contributed by atoms with Crippen LogP contribution in [0.4, 0.5) is 0 Å². The van der Waals surface area contributed by atoms with E-state index in [-0.39, 0.29) is 23.7 Å². The number of halogens is 1. The van der Waals surface area contributed by atoms with E-state index in [0.717, 1.165) is 11.0 Å². The predicted molar refractivity (Wildman–Crippen MR) is 75.3 cm³/mol. The molecule has 0 saturated heterocycles. The number of para-hydroxylation sites is 2. The monoisotopic (exact) mass is 300 g/mol. The van der Waals surface area contributed by atoms with Gasteiger partial charge in [0, 0.05) is 0 Å². The Labute approximate surface area is 124 Å². The number of hydrogen-bond acceptors (Lipinski definition) is 6. The number of fused-ring (bicyclic) bond motifs is 1. The first-order chi connectivity index (χ1) is 10.2. The normalized spacial score (nSPS) is 10.5. The molecule has 0 spiro atoms. The largest absolute Gasteiger partial charge is 0.467 e. The van der Waals surface area contributed by atoms with Crippen molar-refractivity contribution in [1.82, 2.24) is 24.5 Å². The molecule has 0 aliphatic rings. The number of nitriles is 1. The Bertz CT molecular complexity index is 853. The number of methoxy groups -OCH3 is 1. The third-order valence-electron chi connectivity index (χ3n) is 2.83. The van der Waals surface area contributed by atoms with Crippen molar-refractivity contribution in [2.75, 3.05) is 7.11 Å². The maximum absolute atomic E-state index is 8.96. The number of benzene rings is 1. The molecular formula is C13H9ClN6O. The second-order valence-corrected chi connectivity index (χ2v) is 4.42. The maximum Gasteiger partial charge on any atom is 0.322 e. The number of aromatic nitrogens is 5. The van der Waals surface area contributed by atoms with Gasteiger partial charge in [-0.05, 0) is 23.7 Å². The second kappa shape index (κ2) is 5.34. The molecule has 0 atom stereocenters. The molecule has 0 unspecified atom stereocenters. The quantitative estimate of drug-likeness (QED) is 0.734. The molecule has 0 amide bonds. The highest BCUT2D eigenvalue weighted by molar-refractivity contribution is 6.28. The minimum Gasteiger partial charge on any atom is -0.467 e. The van der Waals surface area contributed by atoms with Gasteiger partial charge in [0.05, 0.1) is 30.6 Å². The summed E-state index contributed by atoms with van der Waals surface area (Å²) in [7, 11) is 1.44. The minimum atomic E-state index is 0.0116. The fourth-order valence-electron chi connectivity index (χ4n) is 2.00. The van der Waals surface area contributed by atoms with Crippen molar-refractivity contribution in [3.63, 3.8) is 0 Å². The number of imidazole rings is 1. The van der Waals surface area contributed by atoms with Gasteiger partial charge in [-0.3, -0.25) is 4.57 Å². The first-order valence-electron chi connectivity index (χ1n) is 6.02. The van der Waals surface area contributed by atoms with Crippen LogP contribution in [-0.2, 0) is 6.42 Å². The van der Waals surface area contributed by atoms with Crippen LogP contribution in [-0.4, -0.2) is 31.6 Å². The van der Waals surface area contributed by atoms with E-state index in [1.165, 1.54) is 7.11 Å². The van der Waals surface area contributed by atoms with Crippen molar-refractivity contribution in [3.8, 4) is 18.0 Å². The van der Waals surface area contributed by atoms with E-state index in [1.807, 2.05) is 24.3 Å². The Morgan fingerprint density at radius 2 is 2.05 bits per heavy atom. The van der Waals surface area contributed by atoms with Crippen molar-refractivity contribution in [3.05, 3.63) is 35.4 Å². The summed E-state index contributed by atoms with van der Waals surface area (Å²) in [5.41, 5.74) is 1.53. The van der Waals surface area contributed by atoms with Crippen molar-refractivity contribution >= 4 is 22.6 Å². The van der Waals surface area contributed by atoms with E-state index in [2.05, 4.69) is 26.0 Å². The highest BCUT2D eigenvalue weighted by Gasteiger charge is 2.16. The van der Waals surface area contributed by atoms with Crippen LogP contribution in [0.15, 0.2) is 24.3 Å². The minimum absolute atomic E-state index is 0.0116. The molecule has 0 aliphatic carbocycles. The smallest absolute Gasteiger partial charge is 0.322 e. The second-order valence-electron chi connectivity index (χ2n) is 4.08. The molecule has 3 rings (SSSR count). The summed E-state index contributed by atoms with van der Waals surface area (Å²) in [6.07, 6.45) is 0.125. The van der Waals surface area contributed by atoms with E-state index in [0.29, 0.717) is 5.82 Å². The lowest BCUT2D eigenvalue weighted by molar-refractivity contribution is 0.377. The maximum atomic E-state index is 8.96. The number of nitrogens with zero attached hydrogens (tertiary/aromatic N) is 6. The summed E-state index contributed by atoms with van der Waals surface area (Å²) in [5, 5.41) is 8.98. The van der Waals surface area contributed by atoms with Gasteiger partial charge in [0.1, 0.15) is 5.82 Å². The highest BCUT2D eigenvalue weighted by atomic mass is 35.5. The van der Waals surface area contributed by atoms with Gasteiger partial charge >= 0.3 is 6.01 Å². The van der Waals surface area contributed by atoms with E-state index >= 15 is 0 Å². The van der Waals surface area contributed by atoms with Crippen LogP contribution >= 0.6 is 11.6 Å². The molecule has 0 saturated carbocycles. The molecule has 0 fully saturated rings. The molecular weight excluding hydrogens is 292 g/mol. The van der Waals surface area contributed by atoms with Crippen LogP contribution in [0.1, 0.15) is 5.82 Å². The lowest BCUT2D eigenvalue weighted by Crippen LogP contribution is -2.08. The van der Waals surface area contributed by atoms with Gasteiger partial charge in [-0.15, -0.1) is 0 Å². The topological polar surface area (TPSA) is 89.5 Å². The predicted octanol–water partition coefficient (Wildman–Crippen LogP) is 1.94. The molecule has 0 radical (unpaired) electrons. The number of hydrogen-bond donors (Lipinski definition) is 0. The van der Waals surface area contributed by atoms with E-state index < -0.39 is 0 Å². The van der Waals surface area contributed by atoms with E-state index in [9.17, 15) is 0 Å². The van der Waals surface area contributed by atoms with E-state index in [4.69, 9.17) is 21.6 Å². The average Bonchev–Trinajstić information content (AvgIpc) is 2.85. The molecule has 0 aliphatic heterocycles. The summed E-state index contributed by atoms with van der Waals surface area (Å²) < 4.78 is 6.68. The molecule has 104 valence electrons. The third-order valence-corrected chi connectivity index (χ3v) is 2.99. The molecule has 2 aromatic heterocycles. The first-order valence-corrected chi connectivity index (χ1v) is 6.40. The van der Waals surface area contributed by atoms with Crippen LogP contribution in [0.25, 0.3) is 17.0 Å². The number of rotatable bonds is 3. The summed E-state index contributed by atoms with van der Waals surface area (Å²) >= 11 is 5.89. The van der Waals surface area contributed by atoms with Gasteiger partial charge in [-0.25, -0.2) is 4.98 Å². The van der Waals surface area contributed by atoms with Crippen LogP contribution in [0.3, 0.4) is 0 Å². The van der Waals surface area contributed by atoms with Gasteiger partial charge in [0.15, 0.2) is 0 Å². The van der Waals surface area contributed by atoms with Crippen molar-refractivity contribution in [1.29, 1.82) is 5.26 Å². The highest BCUT2D eigenvalue weighted by Crippen LogP contribution is 2.21. The summed E-state index contributed by atoms with van der Waals surface area (Å²) in [5.74, 6) is 0.800. The average molecular weight is 301 g/mol. The zero-order valence-corrected chi connectivity index (χ0v) is 11.7. The van der Waals surface area contributed by atoms with Crippen LogP contribution in [0.2, 0.25) is 5.28 Å². The van der Waals surface area contributed by atoms with Crippen LogP contribution < -0.4 is 4.74 Å². The Morgan fingerprint density at radius 3 is 2.81 bits per heavy atom. The van der Waals surface area contributed by atoms with Gasteiger partial charge in [0.25, 0.3) is 0 Å². The Hall–Kier alpha value is -2.72. The van der Waals surface area contributed by atoms with Crippen molar-refractivity contribution < 1.29 is 4.74 Å². The zero-order valence-electron chi connectivity index (χ0n) is 11.0. The molecule has 0 bridgehead atoms.